The van der Waals surface area contributed by atoms with Gasteiger partial charge in [0.25, 0.3) is 6.57 Å². The minimum Gasteiger partial charge on any atom is -0.459 e. The number of allylic oxidation sites excluding steroid dienone is 1. The summed E-state index contributed by atoms with van der Waals surface area (Å²) in [6.45, 7) is 14.0. The van der Waals surface area contributed by atoms with Crippen molar-refractivity contribution in [3.8, 4) is 6.57 Å². The number of hydrogen-bond donors (Lipinski definition) is 0. The zero-order valence-corrected chi connectivity index (χ0v) is 20.9. The van der Waals surface area contributed by atoms with Gasteiger partial charge in [0.15, 0.2) is 5.01 Å². The second-order valence-corrected chi connectivity index (χ2v) is 9.75. The lowest BCUT2D eigenvalue weighted by molar-refractivity contribution is 0.308. The third kappa shape index (κ3) is 6.37. The van der Waals surface area contributed by atoms with Crippen LogP contribution in [0, 0.1) is 6.57 Å². The van der Waals surface area contributed by atoms with E-state index in [4.69, 9.17) is 16.3 Å². The summed E-state index contributed by atoms with van der Waals surface area (Å²) in [7, 11) is 0. The van der Waals surface area contributed by atoms with Crippen molar-refractivity contribution < 1.29 is 4.74 Å². The average Bonchev–Trinajstić information content (AvgIpc) is 3.30. The van der Waals surface area contributed by atoms with Crippen LogP contribution < -0.4 is 0 Å². The van der Waals surface area contributed by atoms with Gasteiger partial charge in [0.2, 0.25) is 0 Å². The van der Waals surface area contributed by atoms with Crippen molar-refractivity contribution in [2.24, 2.45) is 9.98 Å². The van der Waals surface area contributed by atoms with Crippen LogP contribution in [0.5, 0.6) is 0 Å². The number of fused-ring (bicyclic) bond motifs is 1. The van der Waals surface area contributed by atoms with E-state index < -0.39 is 0 Å². The van der Waals surface area contributed by atoms with Crippen LogP contribution in [0.25, 0.3) is 15.1 Å². The lowest BCUT2D eigenvalue weighted by atomic mass is 9.99. The Bertz CT molecular complexity index is 1110. The van der Waals surface area contributed by atoms with Crippen LogP contribution >= 0.6 is 11.3 Å². The molecular formula is C26H33N6OS+. The summed E-state index contributed by atoms with van der Waals surface area (Å²) in [4.78, 5) is 24.5. The van der Waals surface area contributed by atoms with Gasteiger partial charge in [-0.3, -0.25) is 9.88 Å². The molecule has 0 fully saturated rings. The fraction of sp³-hybridized carbons (Fsp3) is 0.500. The molecule has 0 spiro atoms. The van der Waals surface area contributed by atoms with Crippen molar-refractivity contribution in [3.63, 3.8) is 0 Å². The molecule has 0 radical (unpaired) electrons. The first-order valence-electron chi connectivity index (χ1n) is 12.1. The van der Waals surface area contributed by atoms with E-state index in [-0.39, 0.29) is 12.1 Å². The Kier molecular flexibility index (Phi) is 8.56. The summed E-state index contributed by atoms with van der Waals surface area (Å²) in [5.74, 6) is 0. The minimum absolute atomic E-state index is 0.00790. The number of pyridine rings is 1. The molecule has 0 N–H and O–H groups in total. The second kappa shape index (κ2) is 12.0. The number of hydrogen-bond acceptors (Lipinski definition) is 7. The van der Waals surface area contributed by atoms with E-state index in [1.807, 2.05) is 12.3 Å². The molecule has 0 bridgehead atoms. The first-order chi connectivity index (χ1) is 16.7. The van der Waals surface area contributed by atoms with Gasteiger partial charge in [0, 0.05) is 25.4 Å². The maximum Gasteiger partial charge on any atom is 0.324 e. The highest BCUT2D eigenvalue weighted by molar-refractivity contribution is 7.18. The second-order valence-electron chi connectivity index (χ2n) is 8.69. The molecule has 34 heavy (non-hydrogen) atoms. The van der Waals surface area contributed by atoms with Crippen LogP contribution in [0.15, 0.2) is 51.7 Å². The summed E-state index contributed by atoms with van der Waals surface area (Å²) in [6.07, 6.45) is 14.7. The van der Waals surface area contributed by atoms with Gasteiger partial charge in [-0.1, -0.05) is 36.4 Å². The highest BCUT2D eigenvalue weighted by Gasteiger charge is 2.29. The van der Waals surface area contributed by atoms with Crippen LogP contribution in [0.1, 0.15) is 57.0 Å². The zero-order chi connectivity index (χ0) is 23.8. The summed E-state index contributed by atoms with van der Waals surface area (Å²) in [5, 5.41) is 0.889. The molecule has 4 rings (SSSR count). The van der Waals surface area contributed by atoms with Crippen LogP contribution in [0.4, 0.5) is 0 Å². The highest BCUT2D eigenvalue weighted by atomic mass is 32.1. The van der Waals surface area contributed by atoms with Crippen molar-refractivity contribution >= 4 is 33.8 Å². The van der Waals surface area contributed by atoms with E-state index in [2.05, 4.69) is 50.7 Å². The van der Waals surface area contributed by atoms with Crippen LogP contribution in [0.3, 0.4) is 0 Å². The lowest BCUT2D eigenvalue weighted by Gasteiger charge is -2.23. The van der Waals surface area contributed by atoms with E-state index in [0.29, 0.717) is 19.0 Å². The Labute approximate surface area is 205 Å². The molecule has 1 aliphatic heterocycles. The number of amidine groups is 1. The molecule has 178 valence electrons. The number of aliphatic imine (C=N–C) groups is 2. The number of likely N-dealkylation sites (N-methyl/N-ethyl adjacent to an activating group) is 1. The van der Waals surface area contributed by atoms with Gasteiger partial charge >= 0.3 is 12.1 Å². The quantitative estimate of drug-likeness (QED) is 0.442. The van der Waals surface area contributed by atoms with Crippen molar-refractivity contribution in [1.82, 2.24) is 14.9 Å². The molecule has 7 nitrogen and oxygen atoms in total. The van der Waals surface area contributed by atoms with Gasteiger partial charge < -0.3 is 4.74 Å². The molecule has 0 amide bonds. The molecule has 2 aromatic heterocycles. The van der Waals surface area contributed by atoms with Crippen LogP contribution in [0.2, 0.25) is 0 Å². The molecule has 8 heteroatoms. The van der Waals surface area contributed by atoms with Gasteiger partial charge in [-0.25, -0.2) is 15.0 Å². The number of nitrogens with zero attached hydrogens (tertiary/aromatic N) is 6. The number of aromatic nitrogens is 2. The smallest absolute Gasteiger partial charge is 0.324 e. The van der Waals surface area contributed by atoms with Gasteiger partial charge in [-0.05, 0) is 44.0 Å². The largest absolute Gasteiger partial charge is 0.459 e. The van der Waals surface area contributed by atoms with Gasteiger partial charge in [-0.2, -0.15) is 0 Å². The third-order valence-corrected chi connectivity index (χ3v) is 7.22. The van der Waals surface area contributed by atoms with Crippen molar-refractivity contribution in [1.29, 1.82) is 0 Å². The monoisotopic (exact) mass is 477 g/mol. The summed E-state index contributed by atoms with van der Waals surface area (Å²) >= 11 is 1.60. The fourth-order valence-electron chi connectivity index (χ4n) is 4.30. The molecule has 1 aliphatic carbocycles. The van der Waals surface area contributed by atoms with Crippen molar-refractivity contribution in [2.75, 3.05) is 26.2 Å². The number of thiazole rings is 1. The Hall–Kier alpha value is -2.89. The van der Waals surface area contributed by atoms with Crippen LogP contribution in [-0.2, 0) is 4.74 Å². The summed E-state index contributed by atoms with van der Waals surface area (Å²) in [6, 6.07) is 2.19. The maximum atomic E-state index is 5.99. The minimum atomic E-state index is -0.213. The zero-order valence-electron chi connectivity index (χ0n) is 20.1. The summed E-state index contributed by atoms with van der Waals surface area (Å²) < 4.78 is 7.08. The van der Waals surface area contributed by atoms with Gasteiger partial charge in [0.05, 0.1) is 23.4 Å². The Morgan fingerprint density at radius 2 is 2.26 bits per heavy atom. The first kappa shape index (κ1) is 24.2. The maximum absolute atomic E-state index is 5.99. The summed E-state index contributed by atoms with van der Waals surface area (Å²) in [5.41, 5.74) is 3.55. The first-order valence-corrected chi connectivity index (χ1v) is 12.9. The molecule has 0 aromatic carbocycles. The van der Waals surface area contributed by atoms with E-state index >= 15 is 0 Å². The van der Waals surface area contributed by atoms with E-state index in [0.717, 1.165) is 54.1 Å². The third-order valence-electron chi connectivity index (χ3n) is 6.08. The standard InChI is InChI=1S/C26H33N6OS/c1-4-13-32(5-2)17-19-7-6-8-20(14-19)18-33-26-29-12-9-21(30-26)15-22(27-3)25-31-23-16-28-11-10-24(23)34-25/h3,8,10-12,14,16,21-22H,4-7,9,13,15,17-18H2,1-2H3/q+1. The predicted octanol–water partition coefficient (Wildman–Crippen LogP) is 5.68. The van der Waals surface area contributed by atoms with E-state index in [9.17, 15) is 0 Å². The average molecular weight is 478 g/mol. The van der Waals surface area contributed by atoms with Gasteiger partial charge in [-0.15, -0.1) is 11.3 Å². The molecule has 2 aromatic rings. The van der Waals surface area contributed by atoms with Crippen LogP contribution in [-0.4, -0.2) is 59.4 Å². The predicted molar refractivity (Wildman–Crippen MR) is 141 cm³/mol. The molecule has 0 saturated heterocycles. The molecule has 2 atom stereocenters. The van der Waals surface area contributed by atoms with E-state index in [1.165, 1.54) is 17.6 Å². The Balaban J connectivity index is 1.34. The van der Waals surface area contributed by atoms with E-state index in [1.54, 1.807) is 23.7 Å². The SMILES string of the molecule is C#[N+]C(CC1CC=NC(OCC2=CCCC(CN(CC)CCC)=C2)=N1)c1nc2cnccc2s1. The molecule has 2 unspecified atom stereocenters. The Morgan fingerprint density at radius 3 is 3.06 bits per heavy atom. The fourth-order valence-corrected chi connectivity index (χ4v) is 5.30. The molecular weight excluding hydrogens is 444 g/mol. The van der Waals surface area contributed by atoms with Crippen molar-refractivity contribution in [2.45, 2.75) is 58.0 Å². The Morgan fingerprint density at radius 1 is 1.35 bits per heavy atom. The number of ether oxygens (including phenoxy) is 1. The lowest BCUT2D eigenvalue weighted by Crippen LogP contribution is -2.27. The molecule has 3 heterocycles. The molecule has 2 aliphatic rings. The van der Waals surface area contributed by atoms with Gasteiger partial charge in [0.1, 0.15) is 12.1 Å². The normalized spacial score (nSPS) is 18.9. The molecule has 0 saturated carbocycles. The highest BCUT2D eigenvalue weighted by Crippen LogP contribution is 2.32. The number of rotatable bonds is 10. The topological polar surface area (TPSA) is 67.3 Å². The van der Waals surface area contributed by atoms with Crippen molar-refractivity contribution in [3.05, 3.63) is 51.6 Å².